The van der Waals surface area contributed by atoms with Gasteiger partial charge in [-0.3, -0.25) is 9.59 Å². The average molecular weight is 359 g/mol. The normalized spacial score (nSPS) is 10.5. The molecule has 0 saturated carbocycles. The summed E-state index contributed by atoms with van der Waals surface area (Å²) < 4.78 is 19.2. The number of nitrogens with two attached hydrogens (primary N) is 1. The minimum atomic E-state index is -0.707. The van der Waals surface area contributed by atoms with Crippen molar-refractivity contribution in [2.24, 2.45) is 5.73 Å². The zero-order valence-corrected chi connectivity index (χ0v) is 13.5. The largest absolute Gasteiger partial charge is 0.451 e. The molecule has 0 saturated heterocycles. The van der Waals surface area contributed by atoms with E-state index in [1.807, 2.05) is 0 Å². The summed E-state index contributed by atoms with van der Waals surface area (Å²) >= 11 is 5.86. The molecule has 3 N–H and O–H groups in total. The third kappa shape index (κ3) is 3.54. The van der Waals surface area contributed by atoms with E-state index in [0.29, 0.717) is 5.69 Å². The molecule has 0 radical (unpaired) electrons. The Balaban J connectivity index is 1.82. The van der Waals surface area contributed by atoms with Crippen LogP contribution in [0.1, 0.15) is 20.9 Å². The molecule has 3 aromatic rings. The third-order valence-corrected chi connectivity index (χ3v) is 3.79. The number of hydrogen-bond acceptors (Lipinski definition) is 3. The fourth-order valence-corrected chi connectivity index (χ4v) is 2.46. The second-order valence-electron chi connectivity index (χ2n) is 5.16. The molecule has 0 aliphatic heterocycles. The first-order valence-corrected chi connectivity index (χ1v) is 7.59. The molecule has 7 heteroatoms. The summed E-state index contributed by atoms with van der Waals surface area (Å²) in [6.45, 7) is 0. The number of carbonyl (C=O) groups excluding carboxylic acids is 2. The highest BCUT2D eigenvalue weighted by Gasteiger charge is 2.15. The summed E-state index contributed by atoms with van der Waals surface area (Å²) in [5.41, 5.74) is 5.89. The smallest absolute Gasteiger partial charge is 0.291 e. The van der Waals surface area contributed by atoms with Crippen molar-refractivity contribution in [3.05, 3.63) is 76.8 Å². The van der Waals surface area contributed by atoms with Crippen molar-refractivity contribution in [2.75, 3.05) is 5.32 Å². The van der Waals surface area contributed by atoms with E-state index in [4.69, 9.17) is 21.8 Å². The number of amides is 2. The molecule has 1 heterocycles. The lowest BCUT2D eigenvalue weighted by atomic mass is 10.1. The van der Waals surface area contributed by atoms with Crippen molar-refractivity contribution in [3.8, 4) is 11.3 Å². The van der Waals surface area contributed by atoms with E-state index in [9.17, 15) is 14.0 Å². The lowest BCUT2D eigenvalue weighted by molar-refractivity contribution is 0.0988. The molecule has 0 aliphatic rings. The number of furan rings is 1. The van der Waals surface area contributed by atoms with E-state index in [-0.39, 0.29) is 27.7 Å². The minimum Gasteiger partial charge on any atom is -0.451 e. The van der Waals surface area contributed by atoms with Crippen LogP contribution in [0.2, 0.25) is 5.02 Å². The highest BCUT2D eigenvalue weighted by Crippen LogP contribution is 2.26. The predicted octanol–water partition coefficient (Wildman–Crippen LogP) is 4.09. The van der Waals surface area contributed by atoms with Gasteiger partial charge in [-0.05, 0) is 42.5 Å². The molecular formula is C18H12ClFN2O3. The number of primary amides is 1. The highest BCUT2D eigenvalue weighted by molar-refractivity contribution is 6.34. The summed E-state index contributed by atoms with van der Waals surface area (Å²) in [6, 6.07) is 13.4. The molecule has 0 atom stereocenters. The van der Waals surface area contributed by atoms with Gasteiger partial charge in [-0.15, -0.1) is 0 Å². The maximum Gasteiger partial charge on any atom is 0.291 e. The Labute approximate surface area is 147 Å². The van der Waals surface area contributed by atoms with Crippen LogP contribution in [0.5, 0.6) is 0 Å². The van der Waals surface area contributed by atoms with Crippen molar-refractivity contribution in [1.29, 1.82) is 0 Å². The Morgan fingerprint density at radius 1 is 1.08 bits per heavy atom. The molecule has 126 valence electrons. The summed E-state index contributed by atoms with van der Waals surface area (Å²) in [4.78, 5) is 23.6. The molecule has 3 rings (SSSR count). The Morgan fingerprint density at radius 2 is 1.84 bits per heavy atom. The molecule has 0 fully saturated rings. The lowest BCUT2D eigenvalue weighted by Crippen LogP contribution is -2.14. The van der Waals surface area contributed by atoms with Gasteiger partial charge in [0.1, 0.15) is 11.6 Å². The molecule has 0 bridgehead atoms. The van der Waals surface area contributed by atoms with Crippen LogP contribution in [0, 0.1) is 5.82 Å². The molecule has 0 spiro atoms. The number of anilines is 1. The molecule has 2 aromatic carbocycles. The standard InChI is InChI=1S/C18H12ClFN2O3/c19-13-6-5-10(9-12(13)17(21)23)22-18(24)16-8-7-15(25-16)11-3-1-2-4-14(11)20/h1-9H,(H2,21,23)(H,22,24). The van der Waals surface area contributed by atoms with Crippen LogP contribution in [-0.2, 0) is 0 Å². The van der Waals surface area contributed by atoms with Gasteiger partial charge in [0.15, 0.2) is 5.76 Å². The molecule has 0 unspecified atom stereocenters. The first-order chi connectivity index (χ1) is 12.0. The van der Waals surface area contributed by atoms with Crippen LogP contribution < -0.4 is 11.1 Å². The average Bonchev–Trinajstić information content (AvgIpc) is 3.06. The van der Waals surface area contributed by atoms with Gasteiger partial charge in [-0.25, -0.2) is 4.39 Å². The van der Waals surface area contributed by atoms with Gasteiger partial charge in [-0.2, -0.15) is 0 Å². The molecule has 1 aromatic heterocycles. The predicted molar refractivity (Wildman–Crippen MR) is 92.0 cm³/mol. The lowest BCUT2D eigenvalue weighted by Gasteiger charge is -2.06. The van der Waals surface area contributed by atoms with Crippen molar-refractivity contribution in [3.63, 3.8) is 0 Å². The van der Waals surface area contributed by atoms with Crippen LogP contribution in [0.3, 0.4) is 0 Å². The summed E-state index contributed by atoms with van der Waals surface area (Å²) in [7, 11) is 0. The van der Waals surface area contributed by atoms with Gasteiger partial charge in [0.25, 0.3) is 5.91 Å². The molecule has 2 amide bonds. The van der Waals surface area contributed by atoms with E-state index in [2.05, 4.69) is 5.32 Å². The first-order valence-electron chi connectivity index (χ1n) is 7.21. The van der Waals surface area contributed by atoms with Crippen molar-refractivity contribution < 1.29 is 18.4 Å². The summed E-state index contributed by atoms with van der Waals surface area (Å²) in [5, 5.41) is 2.75. The maximum atomic E-state index is 13.8. The van der Waals surface area contributed by atoms with E-state index >= 15 is 0 Å². The number of rotatable bonds is 4. The Kier molecular flexibility index (Phi) is 4.54. The zero-order chi connectivity index (χ0) is 18.0. The van der Waals surface area contributed by atoms with Crippen LogP contribution in [-0.4, -0.2) is 11.8 Å². The van der Waals surface area contributed by atoms with Gasteiger partial charge in [-0.1, -0.05) is 23.7 Å². The fourth-order valence-electron chi connectivity index (χ4n) is 2.25. The van der Waals surface area contributed by atoms with Crippen LogP contribution in [0.4, 0.5) is 10.1 Å². The third-order valence-electron chi connectivity index (χ3n) is 3.46. The number of nitrogens with one attached hydrogen (secondary N) is 1. The second-order valence-corrected chi connectivity index (χ2v) is 5.56. The van der Waals surface area contributed by atoms with E-state index < -0.39 is 17.6 Å². The first kappa shape index (κ1) is 16.7. The fraction of sp³-hybridized carbons (Fsp3) is 0. The number of benzene rings is 2. The van der Waals surface area contributed by atoms with Crippen molar-refractivity contribution in [2.45, 2.75) is 0 Å². The van der Waals surface area contributed by atoms with Crippen LogP contribution >= 0.6 is 11.6 Å². The Morgan fingerprint density at radius 3 is 2.56 bits per heavy atom. The van der Waals surface area contributed by atoms with E-state index in [1.165, 1.54) is 36.4 Å². The van der Waals surface area contributed by atoms with E-state index in [0.717, 1.165) is 0 Å². The van der Waals surface area contributed by atoms with Crippen LogP contribution in [0.15, 0.2) is 59.0 Å². The quantitative estimate of drug-likeness (QED) is 0.736. The molecule has 25 heavy (non-hydrogen) atoms. The van der Waals surface area contributed by atoms with Crippen LogP contribution in [0.25, 0.3) is 11.3 Å². The number of carbonyl (C=O) groups is 2. The van der Waals surface area contributed by atoms with Gasteiger partial charge in [0, 0.05) is 5.69 Å². The summed E-state index contributed by atoms with van der Waals surface area (Å²) in [5.74, 6) is -1.49. The van der Waals surface area contributed by atoms with E-state index in [1.54, 1.807) is 18.2 Å². The van der Waals surface area contributed by atoms with Gasteiger partial charge < -0.3 is 15.5 Å². The topological polar surface area (TPSA) is 85.3 Å². The number of hydrogen-bond donors (Lipinski definition) is 2. The van der Waals surface area contributed by atoms with Gasteiger partial charge in [0.05, 0.1) is 16.1 Å². The molecule has 0 aliphatic carbocycles. The zero-order valence-electron chi connectivity index (χ0n) is 12.8. The van der Waals surface area contributed by atoms with Gasteiger partial charge >= 0.3 is 0 Å². The van der Waals surface area contributed by atoms with Gasteiger partial charge in [0.2, 0.25) is 5.91 Å². The van der Waals surface area contributed by atoms with Crippen molar-refractivity contribution >= 4 is 29.1 Å². The Hall–Kier alpha value is -3.12. The summed E-state index contributed by atoms with van der Waals surface area (Å²) in [6.07, 6.45) is 0. The number of halogens is 2. The monoisotopic (exact) mass is 358 g/mol. The Bertz CT molecular complexity index is 968. The minimum absolute atomic E-state index is 0.00571. The van der Waals surface area contributed by atoms with Crippen molar-refractivity contribution in [1.82, 2.24) is 0 Å². The SMILES string of the molecule is NC(=O)c1cc(NC(=O)c2ccc(-c3ccccc3F)o2)ccc1Cl. The molecule has 5 nitrogen and oxygen atoms in total. The maximum absolute atomic E-state index is 13.8. The molecular weight excluding hydrogens is 347 g/mol. The highest BCUT2D eigenvalue weighted by atomic mass is 35.5. The second kappa shape index (κ2) is 6.78.